The summed E-state index contributed by atoms with van der Waals surface area (Å²) in [5.41, 5.74) is 0. The van der Waals surface area contributed by atoms with Crippen molar-refractivity contribution >= 4 is 23.1 Å². The van der Waals surface area contributed by atoms with Gasteiger partial charge in [0.1, 0.15) is 0 Å². The molecule has 98 valence electrons. The third-order valence-corrected chi connectivity index (χ3v) is 4.97. The van der Waals surface area contributed by atoms with E-state index in [1.807, 2.05) is 0 Å². The fourth-order valence-corrected chi connectivity index (χ4v) is 3.49. The van der Waals surface area contributed by atoms with Crippen molar-refractivity contribution in [3.8, 4) is 0 Å². The first-order chi connectivity index (χ1) is 16.0. The maximum atomic E-state index is 15.0. The molecule has 0 aliphatic carbocycles. The SMILES string of the molecule is [2H]c1c([2H])c([2H])c(P(=O)(c2c([2H])c([2H])c([2H])c([2H])c2[2H])c2c([2H])c([2H])c([2H])c([2H])c2[2H])c([2H])c1[2H]. The quantitative estimate of drug-likeness (QED) is 0.677. The Morgan fingerprint density at radius 2 is 0.800 bits per heavy atom. The van der Waals surface area contributed by atoms with E-state index in [1.54, 1.807) is 0 Å². The van der Waals surface area contributed by atoms with Gasteiger partial charge in [0.2, 0.25) is 0 Å². The Hall–Kier alpha value is -2.11. The van der Waals surface area contributed by atoms with Gasteiger partial charge in [-0.25, -0.2) is 0 Å². The van der Waals surface area contributed by atoms with Crippen LogP contribution in [0.5, 0.6) is 0 Å². The highest BCUT2D eigenvalue weighted by Gasteiger charge is 2.28. The van der Waals surface area contributed by atoms with E-state index in [0.717, 1.165) is 0 Å². The predicted molar refractivity (Wildman–Crippen MR) is 85.8 cm³/mol. The summed E-state index contributed by atoms with van der Waals surface area (Å²) in [6.45, 7) is 0. The van der Waals surface area contributed by atoms with Crippen molar-refractivity contribution < 1.29 is 25.1 Å². The molecule has 0 amide bonds. The van der Waals surface area contributed by atoms with Gasteiger partial charge < -0.3 is 4.57 Å². The number of rotatable bonds is 3. The highest BCUT2D eigenvalue weighted by molar-refractivity contribution is 7.85. The Bertz CT molecular complexity index is 1220. The van der Waals surface area contributed by atoms with Crippen LogP contribution in [0.1, 0.15) is 20.6 Å². The molecule has 3 aromatic rings. The summed E-state index contributed by atoms with van der Waals surface area (Å²) < 4.78 is 136. The summed E-state index contributed by atoms with van der Waals surface area (Å²) in [7, 11) is -5.32. The highest BCUT2D eigenvalue weighted by Crippen LogP contribution is 2.41. The van der Waals surface area contributed by atoms with Crippen molar-refractivity contribution in [1.82, 2.24) is 0 Å². The van der Waals surface area contributed by atoms with Gasteiger partial charge in [0.15, 0.2) is 7.14 Å². The maximum Gasteiger partial charge on any atom is 0.171 e. The molecule has 0 saturated carbocycles. The van der Waals surface area contributed by atoms with Gasteiger partial charge >= 0.3 is 0 Å². The Morgan fingerprint density at radius 1 is 0.550 bits per heavy atom. The molecule has 0 heterocycles. The van der Waals surface area contributed by atoms with Gasteiger partial charge in [-0.1, -0.05) is 90.6 Å². The normalized spacial score (nSPS) is 21.7. The van der Waals surface area contributed by atoms with Gasteiger partial charge in [-0.05, 0) is 0 Å². The molecule has 0 bridgehead atoms. The molecule has 3 rings (SSSR count). The van der Waals surface area contributed by atoms with Crippen LogP contribution in [0.15, 0.2) is 90.6 Å². The Morgan fingerprint density at radius 3 is 1.05 bits per heavy atom. The third kappa shape index (κ3) is 2.21. The fraction of sp³-hybridized carbons (Fsp3) is 0. The Kier molecular flexibility index (Phi) is 1.15. The van der Waals surface area contributed by atoms with E-state index in [-0.39, 0.29) is 0 Å². The van der Waals surface area contributed by atoms with Crippen molar-refractivity contribution in [2.24, 2.45) is 0 Å². The van der Waals surface area contributed by atoms with E-state index in [9.17, 15) is 4.57 Å². The molecule has 0 unspecified atom stereocenters. The predicted octanol–water partition coefficient (Wildman–Crippen LogP) is 3.33. The minimum atomic E-state index is -5.32. The lowest BCUT2D eigenvalue weighted by molar-refractivity contribution is 0.592. The summed E-state index contributed by atoms with van der Waals surface area (Å²) in [5.74, 6) is 0. The van der Waals surface area contributed by atoms with E-state index in [0.29, 0.717) is 0 Å². The summed E-state index contributed by atoms with van der Waals surface area (Å²) >= 11 is 0. The Balaban J connectivity index is 2.80. The second-order valence-corrected chi connectivity index (χ2v) is 6.09. The summed E-state index contributed by atoms with van der Waals surface area (Å²) in [4.78, 5) is 0. The molecule has 0 radical (unpaired) electrons. The minimum Gasteiger partial charge on any atom is -0.309 e. The molecule has 0 aromatic heterocycles. The number of benzene rings is 3. The van der Waals surface area contributed by atoms with Crippen molar-refractivity contribution in [3.63, 3.8) is 0 Å². The molecular weight excluding hydrogens is 263 g/mol. The molecule has 2 heteroatoms. The molecule has 0 aliphatic heterocycles. The lowest BCUT2D eigenvalue weighted by Gasteiger charge is -2.19. The van der Waals surface area contributed by atoms with Crippen LogP contribution in [0.3, 0.4) is 0 Å². The van der Waals surface area contributed by atoms with Crippen LogP contribution in [0.25, 0.3) is 0 Å². The van der Waals surface area contributed by atoms with Gasteiger partial charge in [0.25, 0.3) is 0 Å². The summed E-state index contributed by atoms with van der Waals surface area (Å²) in [6.07, 6.45) is 0. The average molecular weight is 293 g/mol. The fourth-order valence-electron chi connectivity index (χ4n) is 1.54. The first kappa shape index (κ1) is 4.19. The molecule has 0 atom stereocenters. The lowest BCUT2D eigenvalue weighted by atomic mass is 10.4. The summed E-state index contributed by atoms with van der Waals surface area (Å²) in [6, 6.07) is -14.9. The van der Waals surface area contributed by atoms with Crippen LogP contribution >= 0.6 is 7.14 Å². The van der Waals surface area contributed by atoms with E-state index < -0.39 is 114 Å². The van der Waals surface area contributed by atoms with Crippen molar-refractivity contribution in [2.45, 2.75) is 0 Å². The van der Waals surface area contributed by atoms with Crippen LogP contribution in [-0.4, -0.2) is 0 Å². The lowest BCUT2D eigenvalue weighted by Crippen LogP contribution is -2.24. The zero-order valence-corrected chi connectivity index (χ0v) is 10.7. The number of hydrogen-bond acceptors (Lipinski definition) is 1. The summed E-state index contributed by atoms with van der Waals surface area (Å²) in [5, 5.41) is -3.12. The first-order valence-corrected chi connectivity index (χ1v) is 7.06. The van der Waals surface area contributed by atoms with Gasteiger partial charge in [-0.3, -0.25) is 0 Å². The zero-order valence-electron chi connectivity index (χ0n) is 24.9. The van der Waals surface area contributed by atoms with Crippen molar-refractivity contribution in [1.29, 1.82) is 0 Å². The monoisotopic (exact) mass is 293 g/mol. The van der Waals surface area contributed by atoms with E-state index >= 15 is 0 Å². The van der Waals surface area contributed by atoms with Gasteiger partial charge in [0, 0.05) is 15.9 Å². The molecule has 0 fully saturated rings. The molecule has 3 aromatic carbocycles. The second kappa shape index (κ2) is 5.48. The smallest absolute Gasteiger partial charge is 0.171 e. The third-order valence-electron chi connectivity index (χ3n) is 2.41. The van der Waals surface area contributed by atoms with Crippen LogP contribution in [-0.2, 0) is 4.57 Å². The molecule has 1 nitrogen and oxygen atoms in total. The van der Waals surface area contributed by atoms with E-state index in [4.69, 9.17) is 20.6 Å². The first-order valence-electron chi connectivity index (χ1n) is 12.9. The van der Waals surface area contributed by atoms with Crippen molar-refractivity contribution in [2.75, 3.05) is 0 Å². The van der Waals surface area contributed by atoms with Crippen molar-refractivity contribution in [3.05, 3.63) is 90.6 Å². The maximum absolute atomic E-state index is 15.0. The topological polar surface area (TPSA) is 17.1 Å². The molecular formula is C18H15OP. The second-order valence-electron chi connectivity index (χ2n) is 3.53. The number of hydrogen-bond donors (Lipinski definition) is 0. The standard InChI is InChI=1S/C18H15OP/c19-20(16-10-4-1-5-11-16,17-12-6-2-7-13-17)18-14-8-3-9-15-18/h1-15H/i1D,2D,3D,4D,5D,6D,7D,8D,9D,10D,11D,12D,13D,14D,15D. The molecule has 0 N–H and O–H groups in total. The Labute approximate surface area is 140 Å². The van der Waals surface area contributed by atoms with Gasteiger partial charge in [0.05, 0.1) is 20.6 Å². The van der Waals surface area contributed by atoms with E-state index in [1.165, 1.54) is 0 Å². The van der Waals surface area contributed by atoms with Crippen LogP contribution in [0.2, 0.25) is 0 Å². The van der Waals surface area contributed by atoms with Crippen LogP contribution < -0.4 is 15.9 Å². The molecule has 20 heavy (non-hydrogen) atoms. The van der Waals surface area contributed by atoms with Crippen LogP contribution in [0, 0.1) is 0 Å². The highest BCUT2D eigenvalue weighted by atomic mass is 31.2. The minimum absolute atomic E-state index is 0.877. The van der Waals surface area contributed by atoms with Gasteiger partial charge in [-0.2, -0.15) is 0 Å². The van der Waals surface area contributed by atoms with E-state index in [2.05, 4.69) is 0 Å². The molecule has 0 aliphatic rings. The average Bonchev–Trinajstić information content (AvgIpc) is 2.81. The zero-order chi connectivity index (χ0) is 26.9. The molecule has 0 saturated heterocycles. The van der Waals surface area contributed by atoms with Crippen LogP contribution in [0.4, 0.5) is 0 Å². The van der Waals surface area contributed by atoms with Gasteiger partial charge in [-0.15, -0.1) is 0 Å². The molecule has 0 spiro atoms. The largest absolute Gasteiger partial charge is 0.309 e.